The number of ketones is 1. The average Bonchev–Trinajstić information content (AvgIpc) is 3.48. The number of carbonyl (C=O) groups excluding carboxylic acids is 6. The summed E-state index contributed by atoms with van der Waals surface area (Å²) in [5.41, 5.74) is -0.689. The topological polar surface area (TPSA) is 157 Å². The summed E-state index contributed by atoms with van der Waals surface area (Å²) < 4.78 is 0. The number of carbonyl (C=O) groups is 6. The third-order valence-electron chi connectivity index (χ3n) is 10.6. The van der Waals surface area contributed by atoms with E-state index in [0.29, 0.717) is 45.3 Å². The molecule has 12 nitrogen and oxygen atoms in total. The number of hydrogen-bond acceptors (Lipinski definition) is 6. The van der Waals surface area contributed by atoms with Crippen LogP contribution in [0.2, 0.25) is 0 Å². The molecule has 2 saturated heterocycles. The van der Waals surface area contributed by atoms with Gasteiger partial charge in [0.1, 0.15) is 12.1 Å². The van der Waals surface area contributed by atoms with Crippen molar-refractivity contribution in [1.29, 1.82) is 0 Å². The lowest BCUT2D eigenvalue weighted by Gasteiger charge is -2.38. The first-order valence-corrected chi connectivity index (χ1v) is 19.2. The van der Waals surface area contributed by atoms with Crippen LogP contribution < -0.4 is 21.3 Å². The van der Waals surface area contributed by atoms with Crippen molar-refractivity contribution < 1.29 is 28.8 Å². The predicted octanol–water partition coefficient (Wildman–Crippen LogP) is 4.23. The summed E-state index contributed by atoms with van der Waals surface area (Å²) in [6, 6.07) is -3.51. The summed E-state index contributed by atoms with van der Waals surface area (Å²) in [5.74, 6) is -2.17. The van der Waals surface area contributed by atoms with E-state index in [1.54, 1.807) is 0 Å². The molecule has 282 valence electrons. The fourth-order valence-electron chi connectivity index (χ4n) is 7.60. The fourth-order valence-corrected chi connectivity index (χ4v) is 7.60. The van der Waals surface area contributed by atoms with Crippen molar-refractivity contribution in [3.63, 3.8) is 0 Å². The number of amides is 6. The highest BCUT2D eigenvalue weighted by Crippen LogP contribution is 2.30. The minimum Gasteiger partial charge on any atom is -0.346 e. The Hall–Kier alpha value is -3.44. The largest absolute Gasteiger partial charge is 0.346 e. The van der Waals surface area contributed by atoms with Crippen molar-refractivity contribution in [3.8, 4) is 0 Å². The van der Waals surface area contributed by atoms with Gasteiger partial charge < -0.3 is 31.1 Å². The van der Waals surface area contributed by atoms with Crippen molar-refractivity contribution in [1.82, 2.24) is 31.1 Å². The van der Waals surface area contributed by atoms with Crippen LogP contribution in [0.1, 0.15) is 125 Å². The average molecular weight is 701 g/mol. The van der Waals surface area contributed by atoms with Gasteiger partial charge in [-0.25, -0.2) is 4.79 Å². The molecule has 1 unspecified atom stereocenters. The quantitative estimate of drug-likeness (QED) is 0.101. The second-order valence-electron chi connectivity index (χ2n) is 15.7. The number of rotatable bonds is 17. The summed E-state index contributed by atoms with van der Waals surface area (Å²) in [6.07, 6.45) is 13.6. The fraction of sp³-hybridized carbons (Fsp3) is 0.789. The van der Waals surface area contributed by atoms with Crippen LogP contribution in [0.15, 0.2) is 12.7 Å². The molecule has 1 saturated carbocycles. The molecule has 0 bridgehead atoms. The second-order valence-corrected chi connectivity index (χ2v) is 15.7. The van der Waals surface area contributed by atoms with Gasteiger partial charge in [0.15, 0.2) is 0 Å². The SMILES string of the molecule is C=CCNC(=O)C(=O)C(CCCCCC)NC(=O)[C@@H]1[C@@H](C)CCN1C(=O)[C@@H](NC(=O)N[C@H](CN1CCCCC1=O)C1CCCCC1)C(C)(C)C. The van der Waals surface area contributed by atoms with E-state index < -0.39 is 47.2 Å². The zero-order valence-electron chi connectivity index (χ0n) is 31.3. The van der Waals surface area contributed by atoms with Crippen LogP contribution in [-0.4, -0.2) is 95.6 Å². The van der Waals surface area contributed by atoms with E-state index in [-0.39, 0.29) is 36.2 Å². The molecule has 0 radical (unpaired) electrons. The zero-order chi connectivity index (χ0) is 36.8. The summed E-state index contributed by atoms with van der Waals surface area (Å²) in [7, 11) is 0. The van der Waals surface area contributed by atoms with Crippen LogP contribution in [0, 0.1) is 17.3 Å². The third-order valence-corrected chi connectivity index (χ3v) is 10.6. The minimum atomic E-state index is -1.01. The number of urea groups is 1. The van der Waals surface area contributed by atoms with Gasteiger partial charge in [0.05, 0.1) is 12.1 Å². The Balaban J connectivity index is 1.76. The van der Waals surface area contributed by atoms with Crippen LogP contribution >= 0.6 is 0 Å². The van der Waals surface area contributed by atoms with Gasteiger partial charge in [-0.2, -0.15) is 0 Å². The molecule has 0 aromatic carbocycles. The molecule has 3 rings (SSSR count). The molecular formula is C38H64N6O6. The van der Waals surface area contributed by atoms with E-state index in [2.05, 4.69) is 34.8 Å². The normalized spacial score (nSPS) is 21.9. The molecule has 6 amide bonds. The maximum Gasteiger partial charge on any atom is 0.315 e. The highest BCUT2D eigenvalue weighted by molar-refractivity contribution is 6.38. The molecule has 2 aliphatic heterocycles. The van der Waals surface area contributed by atoms with Crippen molar-refractivity contribution in [2.75, 3.05) is 26.2 Å². The Labute approximate surface area is 299 Å². The van der Waals surface area contributed by atoms with E-state index in [9.17, 15) is 28.8 Å². The van der Waals surface area contributed by atoms with Crippen molar-refractivity contribution >= 4 is 35.4 Å². The lowest BCUT2D eigenvalue weighted by molar-refractivity contribution is -0.144. The van der Waals surface area contributed by atoms with Crippen LogP contribution in [0.3, 0.4) is 0 Å². The number of Topliss-reactive ketones (excluding diaryl/α,β-unsaturated/α-hetero) is 1. The van der Waals surface area contributed by atoms with Crippen LogP contribution in [-0.2, 0) is 24.0 Å². The molecule has 0 aromatic heterocycles. The first-order chi connectivity index (χ1) is 23.8. The Morgan fingerprint density at radius 1 is 0.920 bits per heavy atom. The lowest BCUT2D eigenvalue weighted by Crippen LogP contribution is -2.62. The van der Waals surface area contributed by atoms with Crippen molar-refractivity contribution in [2.24, 2.45) is 17.3 Å². The van der Waals surface area contributed by atoms with Crippen LogP contribution in [0.4, 0.5) is 4.79 Å². The first-order valence-electron chi connectivity index (χ1n) is 19.2. The number of unbranched alkanes of at least 4 members (excludes halogenated alkanes) is 3. The molecule has 3 aliphatic rings. The monoisotopic (exact) mass is 700 g/mol. The van der Waals surface area contributed by atoms with E-state index in [0.717, 1.165) is 64.2 Å². The molecule has 1 aliphatic carbocycles. The standard InChI is InChI=1S/C38H64N6O6/c1-7-9-10-14-19-28(32(46)35(48)39-22-8-2)40-34(47)31-26(3)21-24-44(31)36(49)33(38(4,5)6)42-37(50)41-29(27-17-12-11-13-18-27)25-43-23-16-15-20-30(43)45/h8,26-29,31,33H,2,7,9-25H2,1,3-6H3,(H,39,48)(H,40,47)(H2,41,42,50)/t26-,28?,29+,31-,33+/m0/s1. The van der Waals surface area contributed by atoms with Crippen molar-refractivity contribution in [3.05, 3.63) is 12.7 Å². The van der Waals surface area contributed by atoms with Crippen LogP contribution in [0.25, 0.3) is 0 Å². The van der Waals surface area contributed by atoms with E-state index >= 15 is 0 Å². The third kappa shape index (κ3) is 11.8. The van der Waals surface area contributed by atoms with Gasteiger partial charge in [-0.3, -0.25) is 24.0 Å². The Bertz CT molecular complexity index is 1190. The number of hydrogen-bond donors (Lipinski definition) is 4. The van der Waals surface area contributed by atoms with Gasteiger partial charge in [-0.05, 0) is 55.8 Å². The molecule has 5 atom stereocenters. The molecule has 0 spiro atoms. The smallest absolute Gasteiger partial charge is 0.315 e. The maximum atomic E-state index is 14.3. The Morgan fingerprint density at radius 2 is 1.64 bits per heavy atom. The molecule has 0 aromatic rings. The first kappa shape index (κ1) is 41.0. The lowest BCUT2D eigenvalue weighted by atomic mass is 9.83. The highest BCUT2D eigenvalue weighted by atomic mass is 16.2. The van der Waals surface area contributed by atoms with Crippen molar-refractivity contribution in [2.45, 2.75) is 149 Å². The van der Waals surface area contributed by atoms with Gasteiger partial charge in [0.25, 0.3) is 5.91 Å². The van der Waals surface area contributed by atoms with Gasteiger partial charge in [-0.1, -0.05) is 85.6 Å². The second kappa shape index (κ2) is 19.8. The summed E-state index contributed by atoms with van der Waals surface area (Å²) in [4.78, 5) is 83.8. The predicted molar refractivity (Wildman–Crippen MR) is 194 cm³/mol. The number of nitrogens with zero attached hydrogens (tertiary/aromatic N) is 2. The Morgan fingerprint density at radius 3 is 2.28 bits per heavy atom. The zero-order valence-corrected chi connectivity index (χ0v) is 31.3. The summed E-state index contributed by atoms with van der Waals surface area (Å²) >= 11 is 0. The van der Waals surface area contributed by atoms with Crippen LogP contribution in [0.5, 0.6) is 0 Å². The maximum absolute atomic E-state index is 14.3. The highest BCUT2D eigenvalue weighted by Gasteiger charge is 2.46. The molecule has 2 heterocycles. The Kier molecular flexibility index (Phi) is 16.2. The molecule has 12 heteroatoms. The van der Waals surface area contributed by atoms with E-state index in [4.69, 9.17) is 0 Å². The van der Waals surface area contributed by atoms with Gasteiger partial charge in [0, 0.05) is 32.6 Å². The number of nitrogens with one attached hydrogen (secondary N) is 4. The molecule has 3 fully saturated rings. The van der Waals surface area contributed by atoms with Gasteiger partial charge in [-0.15, -0.1) is 6.58 Å². The number of likely N-dealkylation sites (tertiary alicyclic amines) is 2. The summed E-state index contributed by atoms with van der Waals surface area (Å²) in [6.45, 7) is 14.8. The molecular weight excluding hydrogens is 636 g/mol. The van der Waals surface area contributed by atoms with E-state index in [1.807, 2.05) is 32.6 Å². The summed E-state index contributed by atoms with van der Waals surface area (Å²) in [5, 5.41) is 11.5. The van der Waals surface area contributed by atoms with Gasteiger partial charge in [0.2, 0.25) is 23.5 Å². The van der Waals surface area contributed by atoms with Gasteiger partial charge >= 0.3 is 6.03 Å². The molecule has 4 N–H and O–H groups in total. The minimum absolute atomic E-state index is 0.122. The number of piperidine rings is 1. The van der Waals surface area contributed by atoms with E-state index in [1.165, 1.54) is 11.0 Å². The molecule has 50 heavy (non-hydrogen) atoms.